The molecule has 2 N–H and O–H groups in total. The van der Waals surface area contributed by atoms with Crippen LogP contribution in [0.2, 0.25) is 0 Å². The van der Waals surface area contributed by atoms with Crippen LogP contribution in [0.25, 0.3) is 0 Å². The minimum Gasteiger partial charge on any atom is -0.497 e. The van der Waals surface area contributed by atoms with Gasteiger partial charge < -0.3 is 15.2 Å². The molecular formula is C13H19NO3. The van der Waals surface area contributed by atoms with Crippen molar-refractivity contribution in [3.8, 4) is 5.75 Å². The number of carboxylic acid groups (broad SMARTS) is 1. The summed E-state index contributed by atoms with van der Waals surface area (Å²) in [6.45, 7) is 4.29. The summed E-state index contributed by atoms with van der Waals surface area (Å²) in [5.41, 5.74) is 1.01. The van der Waals surface area contributed by atoms with Crippen LogP contribution in [0.4, 0.5) is 0 Å². The maximum Gasteiger partial charge on any atom is 0.320 e. The zero-order chi connectivity index (χ0) is 12.8. The van der Waals surface area contributed by atoms with Gasteiger partial charge in [-0.05, 0) is 23.6 Å². The van der Waals surface area contributed by atoms with E-state index in [0.29, 0.717) is 6.54 Å². The minimum absolute atomic E-state index is 0.0538. The Morgan fingerprint density at radius 1 is 1.47 bits per heavy atom. The maximum atomic E-state index is 11.0. The first kappa shape index (κ1) is 13.5. The molecule has 0 heterocycles. The lowest BCUT2D eigenvalue weighted by atomic mass is 10.0. The molecule has 0 fully saturated rings. The monoisotopic (exact) mass is 237 g/mol. The second-order valence-corrected chi connectivity index (χ2v) is 4.29. The maximum absolute atomic E-state index is 11.0. The van der Waals surface area contributed by atoms with Crippen LogP contribution in [0.1, 0.15) is 19.4 Å². The number of nitrogens with one attached hydrogen (secondary N) is 1. The van der Waals surface area contributed by atoms with Crippen molar-refractivity contribution in [1.82, 2.24) is 5.32 Å². The molecule has 0 saturated carbocycles. The van der Waals surface area contributed by atoms with Gasteiger partial charge in [0.2, 0.25) is 0 Å². The summed E-state index contributed by atoms with van der Waals surface area (Å²) < 4.78 is 5.11. The first-order valence-corrected chi connectivity index (χ1v) is 5.63. The third kappa shape index (κ3) is 4.07. The number of rotatable bonds is 6. The average Bonchev–Trinajstić information content (AvgIpc) is 2.28. The Bertz CT molecular complexity index is 377. The van der Waals surface area contributed by atoms with Gasteiger partial charge in [0.05, 0.1) is 7.11 Å². The van der Waals surface area contributed by atoms with Gasteiger partial charge in [0, 0.05) is 6.54 Å². The highest BCUT2D eigenvalue weighted by Crippen LogP contribution is 2.13. The molecule has 0 aliphatic carbocycles. The number of hydrogen-bond donors (Lipinski definition) is 2. The zero-order valence-electron chi connectivity index (χ0n) is 10.4. The Labute approximate surface area is 102 Å². The lowest BCUT2D eigenvalue weighted by Gasteiger charge is -2.18. The molecule has 0 bridgehead atoms. The van der Waals surface area contributed by atoms with Crippen LogP contribution in [-0.4, -0.2) is 24.2 Å². The van der Waals surface area contributed by atoms with Crippen LogP contribution in [0.5, 0.6) is 5.75 Å². The Morgan fingerprint density at radius 2 is 2.18 bits per heavy atom. The molecule has 0 unspecified atom stereocenters. The van der Waals surface area contributed by atoms with Gasteiger partial charge in [-0.25, -0.2) is 0 Å². The van der Waals surface area contributed by atoms with E-state index in [9.17, 15) is 4.79 Å². The van der Waals surface area contributed by atoms with Crippen LogP contribution >= 0.6 is 0 Å². The van der Waals surface area contributed by atoms with Gasteiger partial charge in [0.15, 0.2) is 0 Å². The summed E-state index contributed by atoms with van der Waals surface area (Å²) in [5, 5.41) is 12.1. The summed E-state index contributed by atoms with van der Waals surface area (Å²) in [4.78, 5) is 11.0. The fourth-order valence-electron chi connectivity index (χ4n) is 1.62. The quantitative estimate of drug-likeness (QED) is 0.793. The Kier molecular flexibility index (Phi) is 4.97. The number of aliphatic carboxylic acids is 1. The molecule has 0 amide bonds. The molecular weight excluding hydrogens is 218 g/mol. The number of hydrogen-bond acceptors (Lipinski definition) is 3. The van der Waals surface area contributed by atoms with E-state index in [0.717, 1.165) is 11.3 Å². The average molecular weight is 237 g/mol. The van der Waals surface area contributed by atoms with Crippen LogP contribution in [0.15, 0.2) is 24.3 Å². The molecule has 1 aromatic rings. The first-order chi connectivity index (χ1) is 8.04. The molecule has 0 aliphatic rings. The Balaban J connectivity index is 2.62. The van der Waals surface area contributed by atoms with Crippen molar-refractivity contribution in [3.63, 3.8) is 0 Å². The van der Waals surface area contributed by atoms with Gasteiger partial charge in [-0.3, -0.25) is 4.79 Å². The zero-order valence-corrected chi connectivity index (χ0v) is 10.4. The van der Waals surface area contributed by atoms with E-state index < -0.39 is 12.0 Å². The number of carbonyl (C=O) groups is 1. The molecule has 1 aromatic carbocycles. The molecule has 0 spiro atoms. The standard InChI is InChI=1S/C13H19NO3/c1-9(2)12(13(15)16)14-8-10-5-4-6-11(7-10)17-3/h4-7,9,12,14H,8H2,1-3H3,(H,15,16)/t12-/m1/s1. The fraction of sp³-hybridized carbons (Fsp3) is 0.462. The van der Waals surface area contributed by atoms with E-state index in [4.69, 9.17) is 9.84 Å². The number of benzene rings is 1. The molecule has 94 valence electrons. The Morgan fingerprint density at radius 3 is 2.71 bits per heavy atom. The third-order valence-electron chi connectivity index (χ3n) is 2.59. The summed E-state index contributed by atoms with van der Waals surface area (Å²) in [5.74, 6) is 0.0155. The largest absolute Gasteiger partial charge is 0.497 e. The third-order valence-corrected chi connectivity index (χ3v) is 2.59. The van der Waals surface area contributed by atoms with Gasteiger partial charge in [0.1, 0.15) is 11.8 Å². The molecule has 4 nitrogen and oxygen atoms in total. The van der Waals surface area contributed by atoms with Crippen LogP contribution in [0, 0.1) is 5.92 Å². The van der Waals surface area contributed by atoms with Crippen molar-refractivity contribution in [2.45, 2.75) is 26.4 Å². The van der Waals surface area contributed by atoms with Crippen LogP contribution in [-0.2, 0) is 11.3 Å². The van der Waals surface area contributed by atoms with Crippen molar-refractivity contribution in [2.75, 3.05) is 7.11 Å². The predicted octanol–water partition coefficient (Wildman–Crippen LogP) is 1.89. The molecule has 4 heteroatoms. The van der Waals surface area contributed by atoms with Gasteiger partial charge in [0.25, 0.3) is 0 Å². The number of carboxylic acids is 1. The van der Waals surface area contributed by atoms with Gasteiger partial charge in [-0.15, -0.1) is 0 Å². The molecule has 1 rings (SSSR count). The van der Waals surface area contributed by atoms with E-state index in [1.165, 1.54) is 0 Å². The van der Waals surface area contributed by atoms with Crippen molar-refractivity contribution < 1.29 is 14.6 Å². The summed E-state index contributed by atoms with van der Waals surface area (Å²) in [6, 6.07) is 7.06. The molecule has 0 aliphatic heterocycles. The van der Waals surface area contributed by atoms with E-state index in [-0.39, 0.29) is 5.92 Å². The number of ether oxygens (including phenoxy) is 1. The van der Waals surface area contributed by atoms with Crippen molar-refractivity contribution in [2.24, 2.45) is 5.92 Å². The van der Waals surface area contributed by atoms with Crippen LogP contribution < -0.4 is 10.1 Å². The van der Waals surface area contributed by atoms with Crippen LogP contribution in [0.3, 0.4) is 0 Å². The van der Waals surface area contributed by atoms with Gasteiger partial charge >= 0.3 is 5.97 Å². The van der Waals surface area contributed by atoms with Crippen molar-refractivity contribution >= 4 is 5.97 Å². The fourth-order valence-corrected chi connectivity index (χ4v) is 1.62. The molecule has 0 aromatic heterocycles. The smallest absolute Gasteiger partial charge is 0.320 e. The summed E-state index contributed by atoms with van der Waals surface area (Å²) >= 11 is 0. The molecule has 0 saturated heterocycles. The second-order valence-electron chi connectivity index (χ2n) is 4.29. The van der Waals surface area contributed by atoms with E-state index in [1.54, 1.807) is 7.11 Å². The lowest BCUT2D eigenvalue weighted by Crippen LogP contribution is -2.40. The topological polar surface area (TPSA) is 58.6 Å². The van der Waals surface area contributed by atoms with E-state index in [2.05, 4.69) is 5.32 Å². The highest BCUT2D eigenvalue weighted by molar-refractivity contribution is 5.73. The van der Waals surface area contributed by atoms with Crippen molar-refractivity contribution in [1.29, 1.82) is 0 Å². The minimum atomic E-state index is -0.817. The SMILES string of the molecule is COc1cccc(CN[C@@H](C(=O)O)C(C)C)c1. The highest BCUT2D eigenvalue weighted by Gasteiger charge is 2.20. The number of methoxy groups -OCH3 is 1. The van der Waals surface area contributed by atoms with Crippen molar-refractivity contribution in [3.05, 3.63) is 29.8 Å². The van der Waals surface area contributed by atoms with E-state index in [1.807, 2.05) is 38.1 Å². The van der Waals surface area contributed by atoms with Gasteiger partial charge in [-0.2, -0.15) is 0 Å². The lowest BCUT2D eigenvalue weighted by molar-refractivity contribution is -0.140. The highest BCUT2D eigenvalue weighted by atomic mass is 16.5. The first-order valence-electron chi connectivity index (χ1n) is 5.63. The second kappa shape index (κ2) is 6.25. The summed E-state index contributed by atoms with van der Waals surface area (Å²) in [6.07, 6.45) is 0. The molecule has 1 atom stereocenters. The van der Waals surface area contributed by atoms with E-state index >= 15 is 0 Å². The Hall–Kier alpha value is -1.55. The predicted molar refractivity (Wildman–Crippen MR) is 66.1 cm³/mol. The normalized spacial score (nSPS) is 12.5. The molecule has 0 radical (unpaired) electrons. The molecule has 17 heavy (non-hydrogen) atoms. The van der Waals surface area contributed by atoms with Gasteiger partial charge in [-0.1, -0.05) is 26.0 Å². The summed E-state index contributed by atoms with van der Waals surface area (Å²) in [7, 11) is 1.61.